The van der Waals surface area contributed by atoms with E-state index in [0.717, 1.165) is 6.42 Å². The van der Waals surface area contributed by atoms with Crippen molar-refractivity contribution in [1.82, 2.24) is 40.1 Å². The number of carbonyl (C=O) groups excluding carboxylic acids is 1. The number of nitrogens with zero attached hydrogens (tertiary/aromatic N) is 8. The van der Waals surface area contributed by atoms with E-state index in [9.17, 15) is 9.90 Å². The Bertz CT molecular complexity index is 1690. The maximum atomic E-state index is 15.6. The van der Waals surface area contributed by atoms with E-state index in [2.05, 4.69) is 30.5 Å². The van der Waals surface area contributed by atoms with E-state index in [-0.39, 0.29) is 34.4 Å². The minimum absolute atomic E-state index is 0.0621. The number of hydrogen-bond donors (Lipinski definition) is 2. The Morgan fingerprint density at radius 3 is 2.79 bits per heavy atom. The number of aromatic amines is 1. The number of aliphatic hydroxyl groups excluding tert-OH is 1. The molecule has 6 heterocycles. The highest BCUT2D eigenvalue weighted by Crippen LogP contribution is 2.44. The first-order valence-corrected chi connectivity index (χ1v) is 14.1. The lowest BCUT2D eigenvalue weighted by Crippen LogP contribution is -2.39. The van der Waals surface area contributed by atoms with Crippen LogP contribution in [0.3, 0.4) is 0 Å². The van der Waals surface area contributed by atoms with Crippen molar-refractivity contribution in [3.63, 3.8) is 0 Å². The predicted octanol–water partition coefficient (Wildman–Crippen LogP) is 3.86. The number of benzene rings is 1. The molecule has 2 fully saturated rings. The van der Waals surface area contributed by atoms with Crippen molar-refractivity contribution >= 4 is 28.9 Å². The minimum Gasteiger partial charge on any atom is -0.391 e. The molecule has 0 saturated carbocycles. The second-order valence-corrected chi connectivity index (χ2v) is 11.2. The summed E-state index contributed by atoms with van der Waals surface area (Å²) in [6, 6.07) is 4.09. The molecule has 0 unspecified atom stereocenters. The Morgan fingerprint density at radius 2 is 1.98 bits per heavy atom. The van der Waals surface area contributed by atoms with Crippen LogP contribution in [0.2, 0.25) is 5.02 Å². The van der Waals surface area contributed by atoms with Gasteiger partial charge in [0.15, 0.2) is 17.5 Å². The summed E-state index contributed by atoms with van der Waals surface area (Å²) in [5.74, 6) is -0.659. The highest BCUT2D eigenvalue weighted by Gasteiger charge is 2.42. The average Bonchev–Trinajstić information content (AvgIpc) is 3.76. The highest BCUT2D eigenvalue weighted by molar-refractivity contribution is 6.31. The molecule has 3 aromatic heterocycles. The molecule has 42 heavy (non-hydrogen) atoms. The second-order valence-electron chi connectivity index (χ2n) is 10.8. The van der Waals surface area contributed by atoms with Crippen molar-refractivity contribution in [3.8, 4) is 16.9 Å². The molecule has 14 heteroatoms. The van der Waals surface area contributed by atoms with Gasteiger partial charge in [-0.1, -0.05) is 11.6 Å². The lowest BCUT2D eigenvalue weighted by atomic mass is 9.92. The van der Waals surface area contributed by atoms with Gasteiger partial charge in [0.25, 0.3) is 0 Å². The minimum atomic E-state index is -0.639. The number of H-pyrrole nitrogens is 1. The van der Waals surface area contributed by atoms with Gasteiger partial charge in [-0.15, -0.1) is 5.10 Å². The third kappa shape index (κ3) is 4.52. The van der Waals surface area contributed by atoms with Gasteiger partial charge in [0.1, 0.15) is 12.2 Å². The molecule has 3 aliphatic rings. The number of halogens is 3. The number of anilines is 1. The standard InChI is InChI=1S/C28H26ClF2N9O2/c29-19-4-6-21(39-14-34-36-37-39)24(26(19)31)15-10-16-3-5-22(40(16)23(42)11-15)27-33-12-20(35-27)18-7-8-32-28(25(18)30)38-9-1-2-17(41)13-38/h4,6-8,11-12,14,16-17,22,41H,1-3,5,9-10,13H2,(H,33,35)/t16-,17+,22-/m1/s1. The van der Waals surface area contributed by atoms with Gasteiger partial charge in [-0.25, -0.2) is 18.7 Å². The number of fused-ring (bicyclic) bond motifs is 1. The van der Waals surface area contributed by atoms with Crippen molar-refractivity contribution < 1.29 is 18.7 Å². The van der Waals surface area contributed by atoms with E-state index in [1.165, 1.54) is 23.2 Å². The summed E-state index contributed by atoms with van der Waals surface area (Å²) < 4.78 is 32.3. The van der Waals surface area contributed by atoms with E-state index >= 15 is 8.78 Å². The van der Waals surface area contributed by atoms with Crippen LogP contribution < -0.4 is 4.90 Å². The number of β-amino-alcohol motifs (C(OH)–C–C–N with tert-alkyl or cyclic N) is 1. The zero-order chi connectivity index (χ0) is 29.0. The van der Waals surface area contributed by atoms with Crippen molar-refractivity contribution in [2.45, 2.75) is 50.3 Å². The smallest absolute Gasteiger partial charge is 0.247 e. The van der Waals surface area contributed by atoms with Gasteiger partial charge < -0.3 is 19.9 Å². The van der Waals surface area contributed by atoms with Gasteiger partial charge in [0.2, 0.25) is 5.91 Å². The van der Waals surface area contributed by atoms with Crippen molar-refractivity contribution in [2.24, 2.45) is 0 Å². The van der Waals surface area contributed by atoms with Crippen LogP contribution >= 0.6 is 11.6 Å². The molecule has 2 saturated heterocycles. The molecule has 3 atom stereocenters. The van der Waals surface area contributed by atoms with E-state index in [0.29, 0.717) is 67.1 Å². The summed E-state index contributed by atoms with van der Waals surface area (Å²) in [4.78, 5) is 29.0. The lowest BCUT2D eigenvalue weighted by Gasteiger charge is -2.33. The highest BCUT2D eigenvalue weighted by atomic mass is 35.5. The maximum absolute atomic E-state index is 15.6. The Morgan fingerprint density at radius 1 is 1.10 bits per heavy atom. The number of aliphatic hydroxyl groups is 1. The fourth-order valence-corrected chi connectivity index (χ4v) is 6.51. The van der Waals surface area contributed by atoms with E-state index in [1.54, 1.807) is 34.3 Å². The molecule has 216 valence electrons. The largest absolute Gasteiger partial charge is 0.391 e. The zero-order valence-electron chi connectivity index (χ0n) is 22.3. The van der Waals surface area contributed by atoms with Crippen molar-refractivity contribution in [3.05, 3.63) is 71.0 Å². The number of piperidine rings is 1. The number of nitrogens with one attached hydrogen (secondary N) is 1. The van der Waals surface area contributed by atoms with Gasteiger partial charge >= 0.3 is 0 Å². The van der Waals surface area contributed by atoms with E-state index in [4.69, 9.17) is 11.6 Å². The first-order valence-electron chi connectivity index (χ1n) is 13.8. The van der Waals surface area contributed by atoms with Crippen LogP contribution in [0, 0.1) is 11.6 Å². The Balaban J connectivity index is 1.17. The van der Waals surface area contributed by atoms with Gasteiger partial charge in [0.05, 0.1) is 34.7 Å². The molecule has 1 aromatic carbocycles. The van der Waals surface area contributed by atoms with Crippen molar-refractivity contribution in [2.75, 3.05) is 18.0 Å². The molecule has 2 N–H and O–H groups in total. The summed E-state index contributed by atoms with van der Waals surface area (Å²) in [5, 5.41) is 21.2. The summed E-state index contributed by atoms with van der Waals surface area (Å²) >= 11 is 6.13. The predicted molar refractivity (Wildman–Crippen MR) is 149 cm³/mol. The molecule has 0 bridgehead atoms. The molecule has 3 aliphatic heterocycles. The lowest BCUT2D eigenvalue weighted by molar-refractivity contribution is -0.129. The summed E-state index contributed by atoms with van der Waals surface area (Å²) in [7, 11) is 0. The summed E-state index contributed by atoms with van der Waals surface area (Å²) in [6.07, 6.45) is 8.54. The summed E-state index contributed by atoms with van der Waals surface area (Å²) in [5.41, 5.74) is 1.88. The quantitative estimate of drug-likeness (QED) is 0.357. The van der Waals surface area contributed by atoms with Gasteiger partial charge in [-0.05, 0) is 66.3 Å². The van der Waals surface area contributed by atoms with Crippen molar-refractivity contribution in [1.29, 1.82) is 0 Å². The fourth-order valence-electron chi connectivity index (χ4n) is 6.36. The SMILES string of the molecule is O=C1C=C(c2c(-n3cnnn3)ccc(Cl)c2F)C[C@H]2CC[C@H](c3ncc(-c4ccnc(N5CCC[C@H](O)C5)c4F)[nH]3)N12. The summed E-state index contributed by atoms with van der Waals surface area (Å²) in [6.45, 7) is 0.943. The van der Waals surface area contributed by atoms with Gasteiger partial charge in [-0.3, -0.25) is 4.79 Å². The molecule has 1 amide bonds. The van der Waals surface area contributed by atoms with Crippen LogP contribution in [0.15, 0.2) is 43.0 Å². The Labute approximate surface area is 243 Å². The third-order valence-corrected chi connectivity index (χ3v) is 8.56. The second kappa shape index (κ2) is 10.6. The number of carbonyl (C=O) groups is 1. The van der Waals surface area contributed by atoms with Gasteiger partial charge in [0, 0.05) is 42.5 Å². The third-order valence-electron chi connectivity index (χ3n) is 8.27. The monoisotopic (exact) mass is 593 g/mol. The van der Waals surface area contributed by atoms with Crippen LogP contribution in [0.4, 0.5) is 14.6 Å². The Hall–Kier alpha value is -4.23. The van der Waals surface area contributed by atoms with Crippen LogP contribution in [0.5, 0.6) is 0 Å². The number of tetrazole rings is 1. The van der Waals surface area contributed by atoms with Crippen LogP contribution in [0.25, 0.3) is 22.5 Å². The number of hydrogen-bond acceptors (Lipinski definition) is 8. The van der Waals surface area contributed by atoms with Crippen LogP contribution in [-0.4, -0.2) is 76.3 Å². The molecule has 0 aliphatic carbocycles. The molecular weight excluding hydrogens is 568 g/mol. The number of imidazole rings is 1. The first kappa shape index (κ1) is 26.7. The zero-order valence-corrected chi connectivity index (χ0v) is 23.0. The van der Waals surface area contributed by atoms with Gasteiger partial charge in [-0.2, -0.15) is 4.68 Å². The molecule has 7 rings (SSSR count). The number of aromatic nitrogens is 7. The maximum Gasteiger partial charge on any atom is 0.247 e. The normalized spacial score (nSPS) is 22.4. The molecular formula is C28H26ClF2N9O2. The molecule has 4 aromatic rings. The fraction of sp³-hybridized carbons (Fsp3) is 0.357. The van der Waals surface area contributed by atoms with Crippen LogP contribution in [-0.2, 0) is 4.79 Å². The van der Waals surface area contributed by atoms with E-state index < -0.39 is 17.7 Å². The first-order chi connectivity index (χ1) is 20.4. The molecule has 0 spiro atoms. The van der Waals surface area contributed by atoms with Crippen LogP contribution in [0.1, 0.15) is 49.5 Å². The Kier molecular flexibility index (Phi) is 6.70. The number of pyridine rings is 1. The topological polar surface area (TPSA) is 129 Å². The number of rotatable bonds is 5. The molecule has 0 radical (unpaired) electrons. The van der Waals surface area contributed by atoms with E-state index in [1.807, 2.05) is 0 Å². The number of amides is 1. The average molecular weight is 594 g/mol. The molecule has 11 nitrogen and oxygen atoms in total.